The van der Waals surface area contributed by atoms with Gasteiger partial charge < -0.3 is 23.9 Å². The van der Waals surface area contributed by atoms with E-state index < -0.39 is 29.6 Å². The lowest BCUT2D eigenvalue weighted by Gasteiger charge is -2.36. The van der Waals surface area contributed by atoms with Crippen molar-refractivity contribution < 1.29 is 28.5 Å². The first-order valence-electron chi connectivity index (χ1n) is 13.7. The van der Waals surface area contributed by atoms with E-state index in [9.17, 15) is 9.59 Å². The maximum atomic E-state index is 13.3. The molecule has 208 valence electrons. The molecule has 7 nitrogen and oxygen atoms in total. The molecule has 1 aliphatic rings. The second-order valence-electron chi connectivity index (χ2n) is 10.6. The van der Waals surface area contributed by atoms with Crippen LogP contribution in [-0.4, -0.2) is 29.3 Å². The van der Waals surface area contributed by atoms with Gasteiger partial charge in [-0.3, -0.25) is 9.59 Å². The number of fused-ring (bicyclic) bond motifs is 2. The van der Waals surface area contributed by atoms with E-state index in [1.54, 1.807) is 13.8 Å². The molecule has 0 aliphatic carbocycles. The third-order valence-corrected chi connectivity index (χ3v) is 7.33. The van der Waals surface area contributed by atoms with Crippen molar-refractivity contribution in [2.75, 3.05) is 6.61 Å². The summed E-state index contributed by atoms with van der Waals surface area (Å²) in [5.41, 5.74) is 3.41. The maximum Gasteiger partial charge on any atom is 0.324 e. The van der Waals surface area contributed by atoms with Crippen LogP contribution < -0.4 is 9.47 Å². The number of carbonyl (C=O) groups excluding carboxylic acids is 2. The van der Waals surface area contributed by atoms with E-state index in [0.717, 1.165) is 27.4 Å². The fraction of sp³-hybridized carbons (Fsp3) is 0.235. The zero-order valence-electron chi connectivity index (χ0n) is 23.2. The summed E-state index contributed by atoms with van der Waals surface area (Å²) in [6, 6.07) is 27.7. The molecule has 41 heavy (non-hydrogen) atoms. The number of aromatic nitrogens is 1. The molecule has 1 saturated heterocycles. The van der Waals surface area contributed by atoms with Crippen LogP contribution in [0, 0.1) is 5.92 Å². The van der Waals surface area contributed by atoms with Crippen molar-refractivity contribution in [3.8, 4) is 11.5 Å². The number of rotatable bonds is 8. The summed E-state index contributed by atoms with van der Waals surface area (Å²) in [5.74, 6) is -3.37. The monoisotopic (exact) mass is 549 g/mol. The van der Waals surface area contributed by atoms with E-state index in [1.807, 2.05) is 73.8 Å². The molecule has 2 heterocycles. The zero-order chi connectivity index (χ0) is 28.6. The number of H-pyrrole nitrogens is 1. The first kappa shape index (κ1) is 26.4. The van der Waals surface area contributed by atoms with Crippen molar-refractivity contribution in [3.05, 3.63) is 108 Å². The summed E-state index contributed by atoms with van der Waals surface area (Å²) < 4.78 is 23.3. The highest BCUT2D eigenvalue weighted by molar-refractivity contribution is 5.99. The van der Waals surface area contributed by atoms with E-state index in [2.05, 4.69) is 29.2 Å². The maximum absolute atomic E-state index is 13.3. The number of para-hydroxylation sites is 1. The minimum atomic E-state index is -1.33. The summed E-state index contributed by atoms with van der Waals surface area (Å²) >= 11 is 0. The van der Waals surface area contributed by atoms with Crippen LogP contribution in [0.5, 0.6) is 11.5 Å². The van der Waals surface area contributed by atoms with E-state index >= 15 is 0 Å². The molecule has 4 aromatic carbocycles. The number of ether oxygens (including phenoxy) is 4. The van der Waals surface area contributed by atoms with Crippen LogP contribution in [0.25, 0.3) is 21.7 Å². The molecule has 1 atom stereocenters. The molecule has 5 aromatic rings. The summed E-state index contributed by atoms with van der Waals surface area (Å²) in [6.45, 7) is 5.76. The third kappa shape index (κ3) is 5.23. The molecule has 7 heteroatoms. The number of hydrogen-bond donors (Lipinski definition) is 1. The van der Waals surface area contributed by atoms with Crippen molar-refractivity contribution in [1.82, 2.24) is 4.98 Å². The molecule has 6 rings (SSSR count). The van der Waals surface area contributed by atoms with Crippen molar-refractivity contribution >= 4 is 33.6 Å². The van der Waals surface area contributed by atoms with Gasteiger partial charge in [-0.05, 0) is 58.7 Å². The minimum absolute atomic E-state index is 0.354. The van der Waals surface area contributed by atoms with Gasteiger partial charge in [0.2, 0.25) is 0 Å². The van der Waals surface area contributed by atoms with E-state index in [0.29, 0.717) is 30.3 Å². The molecular formula is C34H31NO6. The number of benzene rings is 4. The van der Waals surface area contributed by atoms with Crippen LogP contribution in [0.15, 0.2) is 91.1 Å². The number of nitrogens with one attached hydrogen (secondary N) is 1. The second kappa shape index (κ2) is 10.7. The van der Waals surface area contributed by atoms with Crippen molar-refractivity contribution in [3.63, 3.8) is 0 Å². The van der Waals surface area contributed by atoms with Crippen LogP contribution in [-0.2, 0) is 25.7 Å². The summed E-state index contributed by atoms with van der Waals surface area (Å²) in [6.07, 6.45) is 1.83. The van der Waals surface area contributed by atoms with Crippen LogP contribution in [0.1, 0.15) is 43.4 Å². The average Bonchev–Trinajstić information content (AvgIpc) is 3.37. The summed E-state index contributed by atoms with van der Waals surface area (Å²) in [5, 5.41) is 3.21. The van der Waals surface area contributed by atoms with Gasteiger partial charge in [-0.15, -0.1) is 0 Å². The Kier molecular flexibility index (Phi) is 6.87. The van der Waals surface area contributed by atoms with Gasteiger partial charge in [0.25, 0.3) is 5.79 Å². The Morgan fingerprint density at radius 3 is 2.34 bits per heavy atom. The lowest BCUT2D eigenvalue weighted by molar-refractivity contribution is -0.240. The second-order valence-corrected chi connectivity index (χ2v) is 10.6. The Balaban J connectivity index is 1.38. The molecule has 0 radical (unpaired) electrons. The van der Waals surface area contributed by atoms with E-state index in [4.69, 9.17) is 18.9 Å². The zero-order valence-corrected chi connectivity index (χ0v) is 23.2. The van der Waals surface area contributed by atoms with Crippen LogP contribution >= 0.6 is 0 Å². The van der Waals surface area contributed by atoms with Crippen molar-refractivity contribution in [2.24, 2.45) is 5.92 Å². The summed E-state index contributed by atoms with van der Waals surface area (Å²) in [7, 11) is 0. The van der Waals surface area contributed by atoms with Gasteiger partial charge in [-0.2, -0.15) is 0 Å². The highest BCUT2D eigenvalue weighted by atomic mass is 16.7. The van der Waals surface area contributed by atoms with Gasteiger partial charge in [0, 0.05) is 36.9 Å². The van der Waals surface area contributed by atoms with Crippen molar-refractivity contribution in [1.29, 1.82) is 0 Å². The minimum Gasteiger partial charge on any atom is -0.490 e. The van der Waals surface area contributed by atoms with Crippen LogP contribution in [0.4, 0.5) is 0 Å². The summed E-state index contributed by atoms with van der Waals surface area (Å²) in [4.78, 5) is 29.9. The molecular weight excluding hydrogens is 518 g/mol. The third-order valence-electron chi connectivity index (χ3n) is 7.33. The van der Waals surface area contributed by atoms with Gasteiger partial charge in [0.1, 0.15) is 6.61 Å². The molecule has 1 aromatic heterocycles. The molecule has 1 aliphatic heterocycles. The molecule has 0 spiro atoms. The number of hydrogen-bond acceptors (Lipinski definition) is 6. The van der Waals surface area contributed by atoms with Gasteiger partial charge >= 0.3 is 11.9 Å². The Morgan fingerprint density at radius 1 is 0.829 bits per heavy atom. The standard InChI is InChI=1S/C34H31NO6/c1-4-38-29-18-24(15-16-28(29)39-20-21-13-14-22-9-5-6-10-23(22)17-21)30(26-19-35-27-12-8-7-11-25(26)27)31-32(36)40-34(2,3)41-33(31)37/h5-19,30-31,35H,4,20H2,1-3H3/t30-/m1/s1. The van der Waals surface area contributed by atoms with Crippen molar-refractivity contribution in [2.45, 2.75) is 39.1 Å². The Hall–Kier alpha value is -4.78. The van der Waals surface area contributed by atoms with Crippen LogP contribution in [0.3, 0.4) is 0 Å². The fourth-order valence-electron chi connectivity index (χ4n) is 5.50. The number of cyclic esters (lactones) is 2. The van der Waals surface area contributed by atoms with E-state index in [-0.39, 0.29) is 0 Å². The Labute approximate surface area is 238 Å². The number of carbonyl (C=O) groups is 2. The Bertz CT molecular complexity index is 1730. The molecule has 0 bridgehead atoms. The molecule has 1 fully saturated rings. The smallest absolute Gasteiger partial charge is 0.324 e. The topological polar surface area (TPSA) is 86.9 Å². The van der Waals surface area contributed by atoms with Crippen LogP contribution in [0.2, 0.25) is 0 Å². The SMILES string of the molecule is CCOc1cc([C@H](c2c[nH]c3ccccc23)C2C(=O)OC(C)(C)OC2=O)ccc1OCc1ccc2ccccc2c1. The van der Waals surface area contributed by atoms with Gasteiger partial charge in [0.15, 0.2) is 17.4 Å². The highest BCUT2D eigenvalue weighted by Crippen LogP contribution is 2.43. The predicted octanol–water partition coefficient (Wildman–Crippen LogP) is 6.88. The first-order chi connectivity index (χ1) is 19.8. The largest absolute Gasteiger partial charge is 0.490 e. The fourth-order valence-corrected chi connectivity index (χ4v) is 5.50. The van der Waals surface area contributed by atoms with Gasteiger partial charge in [-0.1, -0.05) is 60.7 Å². The number of aromatic amines is 1. The predicted molar refractivity (Wildman–Crippen MR) is 156 cm³/mol. The van der Waals surface area contributed by atoms with Gasteiger partial charge in [0.05, 0.1) is 6.61 Å². The Morgan fingerprint density at radius 2 is 1.56 bits per heavy atom. The number of esters is 2. The lowest BCUT2D eigenvalue weighted by Crippen LogP contribution is -2.48. The van der Waals surface area contributed by atoms with Gasteiger partial charge in [-0.25, -0.2) is 0 Å². The first-order valence-corrected chi connectivity index (χ1v) is 13.7. The molecule has 0 unspecified atom stereocenters. The lowest BCUT2D eigenvalue weighted by atomic mass is 9.80. The highest BCUT2D eigenvalue weighted by Gasteiger charge is 2.48. The molecule has 0 saturated carbocycles. The molecule has 0 amide bonds. The van der Waals surface area contributed by atoms with E-state index in [1.165, 1.54) is 5.39 Å². The quantitative estimate of drug-likeness (QED) is 0.168. The average molecular weight is 550 g/mol. The molecule has 1 N–H and O–H groups in total. The normalized spacial score (nSPS) is 15.9.